The summed E-state index contributed by atoms with van der Waals surface area (Å²) in [7, 11) is -1.27. The molecule has 2 nitrogen and oxygen atoms in total. The normalized spacial score (nSPS) is 15.6. The standard InChI is InChI=1S/C36H34NS.C15H18NSi.Ir/c1-23-9-11-26(12-10-23)28-15-18-30-31-7-6-8-32(35(31)38-34(30)22-28)33-21-27(19-20-37-33)24(2)25-13-16-29(17-14-25)36(3,4)5;1-12-10-14(13-8-6-5-7-9-13)16-11-15(12)17(2,3)4;/h6-7,9-18,20-22,24,27H,19H2,1-5H3;5-8,10-11H,1-4H3;/q2*-1;/i24D;;. The second-order valence-corrected chi connectivity index (χ2v) is 23.0. The Balaban J connectivity index is 0.000000256. The second kappa shape index (κ2) is 17.1. The third-order valence-corrected chi connectivity index (χ3v) is 14.0. The number of rotatable bonds is 6. The van der Waals surface area contributed by atoms with Crippen LogP contribution in [0.5, 0.6) is 0 Å². The summed E-state index contributed by atoms with van der Waals surface area (Å²) >= 11 is 1.81. The van der Waals surface area contributed by atoms with E-state index in [1.807, 2.05) is 48.7 Å². The first-order chi connectivity index (χ1) is 26.6. The van der Waals surface area contributed by atoms with Crippen molar-refractivity contribution in [3.8, 4) is 22.4 Å². The minimum Gasteiger partial charge on any atom is -0.309 e. The van der Waals surface area contributed by atoms with E-state index in [2.05, 4.69) is 169 Å². The fourth-order valence-corrected chi connectivity index (χ4v) is 10.3. The number of aromatic nitrogens is 1. The number of aliphatic imine (C=N–C) groups is 1. The number of nitrogens with zero attached hydrogens (tertiary/aromatic N) is 2. The van der Waals surface area contributed by atoms with Crippen molar-refractivity contribution in [1.82, 2.24) is 4.98 Å². The molecule has 287 valence electrons. The van der Waals surface area contributed by atoms with Crippen LogP contribution in [-0.2, 0) is 25.5 Å². The second-order valence-electron chi connectivity index (χ2n) is 16.9. The van der Waals surface area contributed by atoms with Crippen molar-refractivity contribution in [2.24, 2.45) is 10.9 Å². The first-order valence-corrected chi connectivity index (χ1v) is 23.7. The maximum absolute atomic E-state index is 9.40. The van der Waals surface area contributed by atoms with E-state index >= 15 is 0 Å². The van der Waals surface area contributed by atoms with Crippen LogP contribution in [-0.4, -0.2) is 19.3 Å². The Kier molecular flexibility index (Phi) is 12.2. The Hall–Kier alpha value is -4.25. The van der Waals surface area contributed by atoms with Crippen LogP contribution in [0.2, 0.25) is 19.6 Å². The molecule has 0 aliphatic carbocycles. The van der Waals surface area contributed by atoms with Crippen LogP contribution in [0.3, 0.4) is 0 Å². The van der Waals surface area contributed by atoms with Gasteiger partial charge < -0.3 is 9.98 Å². The Morgan fingerprint density at radius 3 is 2.23 bits per heavy atom. The Morgan fingerprint density at radius 2 is 1.57 bits per heavy atom. The first kappa shape index (κ1) is 40.0. The SMILES string of the molecule is Cc1cc(-c2[c-]cccc2)ncc1[Si](C)(C)C.[2H]C(C)(c1ccc(C(C)(C)C)cc1)C1C=C(c2[c-]ccc3c2sc2cc(-c4ccc(C)cc4)ccc23)N=CC1.[Ir]. The molecule has 3 heterocycles. The van der Waals surface area contributed by atoms with Crippen LogP contribution in [0.4, 0.5) is 0 Å². The van der Waals surface area contributed by atoms with Crippen molar-refractivity contribution >= 4 is 56.7 Å². The van der Waals surface area contributed by atoms with Gasteiger partial charge in [0.25, 0.3) is 0 Å². The van der Waals surface area contributed by atoms with Crippen LogP contribution >= 0.6 is 11.3 Å². The van der Waals surface area contributed by atoms with Crippen molar-refractivity contribution in [2.75, 3.05) is 0 Å². The average molecular weight is 946 g/mol. The van der Waals surface area contributed by atoms with Crippen LogP contribution < -0.4 is 5.19 Å². The molecule has 56 heavy (non-hydrogen) atoms. The van der Waals surface area contributed by atoms with Gasteiger partial charge in [0.2, 0.25) is 0 Å². The molecule has 5 heteroatoms. The van der Waals surface area contributed by atoms with E-state index in [-0.39, 0.29) is 31.4 Å². The summed E-state index contributed by atoms with van der Waals surface area (Å²) in [5, 5.41) is 3.95. The number of fused-ring (bicyclic) bond motifs is 3. The fourth-order valence-electron chi connectivity index (χ4n) is 7.36. The van der Waals surface area contributed by atoms with Crippen molar-refractivity contribution in [1.29, 1.82) is 0 Å². The van der Waals surface area contributed by atoms with Gasteiger partial charge in [-0.2, -0.15) is 11.3 Å². The number of allylic oxidation sites excluding steroid dienone is 1. The molecule has 7 aromatic rings. The van der Waals surface area contributed by atoms with E-state index < -0.39 is 14.0 Å². The molecule has 1 aliphatic rings. The number of pyridine rings is 1. The van der Waals surface area contributed by atoms with E-state index in [4.69, 9.17) is 4.99 Å². The van der Waals surface area contributed by atoms with E-state index in [0.717, 1.165) is 34.5 Å². The summed E-state index contributed by atoms with van der Waals surface area (Å²) in [6.07, 6.45) is 7.01. The van der Waals surface area contributed by atoms with E-state index in [9.17, 15) is 1.37 Å². The van der Waals surface area contributed by atoms with Gasteiger partial charge in [0, 0.05) is 32.4 Å². The minimum atomic E-state index is -1.27. The summed E-state index contributed by atoms with van der Waals surface area (Å²) < 4.78 is 11.9. The monoisotopic (exact) mass is 946 g/mol. The summed E-state index contributed by atoms with van der Waals surface area (Å²) in [5.74, 6) is -0.734. The molecule has 1 radical (unpaired) electrons. The smallest absolute Gasteiger partial charge is 0.0798 e. The van der Waals surface area contributed by atoms with Gasteiger partial charge in [-0.05, 0) is 98.7 Å². The van der Waals surface area contributed by atoms with Gasteiger partial charge in [-0.1, -0.05) is 137 Å². The van der Waals surface area contributed by atoms with Gasteiger partial charge in [0.05, 0.1) is 8.07 Å². The molecule has 2 aromatic heterocycles. The summed E-state index contributed by atoms with van der Waals surface area (Å²) in [5.41, 5.74) is 11.6. The number of hydrogen-bond donors (Lipinski definition) is 0. The molecule has 0 amide bonds. The van der Waals surface area contributed by atoms with Gasteiger partial charge in [-0.25, -0.2) is 0 Å². The molecule has 0 fully saturated rings. The maximum atomic E-state index is 9.40. The Labute approximate surface area is 354 Å². The van der Waals surface area contributed by atoms with Gasteiger partial charge in [-0.3, -0.25) is 0 Å². The Bertz CT molecular complexity index is 2560. The number of thiophene rings is 1. The molecule has 0 saturated heterocycles. The molecule has 1 aliphatic heterocycles. The molecule has 5 aromatic carbocycles. The fraction of sp³-hybridized carbons (Fsp3) is 0.255. The summed E-state index contributed by atoms with van der Waals surface area (Å²) in [6.45, 7) is 20.1. The molecule has 2 atom stereocenters. The number of hydrogen-bond acceptors (Lipinski definition) is 3. The number of aryl methyl sites for hydroxylation is 2. The predicted octanol–water partition coefficient (Wildman–Crippen LogP) is 13.8. The molecule has 8 rings (SSSR count). The summed E-state index contributed by atoms with van der Waals surface area (Å²) in [4.78, 5) is 9.41. The van der Waals surface area contributed by atoms with Crippen LogP contribution in [0.15, 0.2) is 126 Å². The van der Waals surface area contributed by atoms with Gasteiger partial charge >= 0.3 is 0 Å². The van der Waals surface area contributed by atoms with Crippen molar-refractivity contribution in [2.45, 2.75) is 78.9 Å². The quantitative estimate of drug-likeness (QED) is 0.120. The zero-order chi connectivity index (χ0) is 39.8. The molecular formula is C51H52IrN2SSi-2. The van der Waals surface area contributed by atoms with E-state index in [0.29, 0.717) is 0 Å². The van der Waals surface area contributed by atoms with Crippen LogP contribution in [0.1, 0.15) is 69.2 Å². The third kappa shape index (κ3) is 9.14. The third-order valence-electron chi connectivity index (χ3n) is 10.7. The molecule has 0 spiro atoms. The predicted molar refractivity (Wildman–Crippen MR) is 243 cm³/mol. The maximum Gasteiger partial charge on any atom is 0.0798 e. The van der Waals surface area contributed by atoms with Crippen LogP contribution in [0.25, 0.3) is 48.3 Å². The zero-order valence-electron chi connectivity index (χ0n) is 35.0. The molecule has 2 unspecified atom stereocenters. The van der Waals surface area contributed by atoms with Gasteiger partial charge in [-0.15, -0.1) is 59.7 Å². The van der Waals surface area contributed by atoms with Gasteiger partial charge in [0.1, 0.15) is 0 Å². The average Bonchev–Trinajstić information content (AvgIpc) is 3.56. The zero-order valence-corrected chi connectivity index (χ0v) is 38.3. The van der Waals surface area contributed by atoms with Crippen LogP contribution in [0, 0.1) is 31.9 Å². The Morgan fingerprint density at radius 1 is 0.839 bits per heavy atom. The minimum absolute atomic E-state index is 0. The molecular weight excluding hydrogens is 893 g/mol. The molecule has 0 bridgehead atoms. The van der Waals surface area contributed by atoms with Crippen molar-refractivity contribution in [3.05, 3.63) is 161 Å². The van der Waals surface area contributed by atoms with Crippen molar-refractivity contribution < 1.29 is 21.5 Å². The topological polar surface area (TPSA) is 25.2 Å². The number of benzene rings is 5. The summed E-state index contributed by atoms with van der Waals surface area (Å²) in [6, 6.07) is 45.2. The first-order valence-electron chi connectivity index (χ1n) is 19.8. The largest absolute Gasteiger partial charge is 0.309 e. The van der Waals surface area contributed by atoms with Crippen molar-refractivity contribution in [3.63, 3.8) is 0 Å². The van der Waals surface area contributed by atoms with Gasteiger partial charge in [0.15, 0.2) is 0 Å². The molecule has 0 saturated carbocycles. The van der Waals surface area contributed by atoms with E-state index in [1.54, 1.807) is 0 Å². The van der Waals surface area contributed by atoms with E-state index in [1.165, 1.54) is 53.2 Å². The molecule has 0 N–H and O–H groups in total.